The van der Waals surface area contributed by atoms with Crippen LogP contribution in [0, 0.1) is 13.8 Å². The lowest BCUT2D eigenvalue weighted by Crippen LogP contribution is -2.27. The van der Waals surface area contributed by atoms with E-state index in [4.69, 9.17) is 9.47 Å². The predicted octanol–water partition coefficient (Wildman–Crippen LogP) is 2.99. The van der Waals surface area contributed by atoms with Crippen molar-refractivity contribution in [3.8, 4) is 11.5 Å². The van der Waals surface area contributed by atoms with E-state index in [0.29, 0.717) is 37.1 Å². The standard InChI is InChI=1S/C21H27N5O3S/c1-5-28-17-8-7-16(12-18(17)29-6-2)9-10-22-19(27)13-30-21-25-24-20-23-14(3)11-15(4)26(20)21/h7-8,11-12H,5-6,9-10,13H2,1-4H3,(H,22,27). The molecule has 3 aromatic rings. The fourth-order valence-electron chi connectivity index (χ4n) is 3.07. The van der Waals surface area contributed by atoms with Gasteiger partial charge in [-0.25, -0.2) is 4.98 Å². The summed E-state index contributed by atoms with van der Waals surface area (Å²) in [5, 5.41) is 11.9. The molecule has 9 heteroatoms. The summed E-state index contributed by atoms with van der Waals surface area (Å²) in [5.74, 6) is 2.24. The van der Waals surface area contributed by atoms with Crippen LogP contribution in [0.25, 0.3) is 5.78 Å². The Hall–Kier alpha value is -2.81. The highest BCUT2D eigenvalue weighted by atomic mass is 32.2. The van der Waals surface area contributed by atoms with Gasteiger partial charge in [0.1, 0.15) is 0 Å². The van der Waals surface area contributed by atoms with Crippen LogP contribution in [0.3, 0.4) is 0 Å². The third-order valence-corrected chi connectivity index (χ3v) is 5.27. The lowest BCUT2D eigenvalue weighted by molar-refractivity contribution is -0.118. The molecular weight excluding hydrogens is 402 g/mol. The van der Waals surface area contributed by atoms with E-state index in [0.717, 1.165) is 28.5 Å². The number of ether oxygens (including phenoxy) is 2. The summed E-state index contributed by atoms with van der Waals surface area (Å²) in [6, 6.07) is 7.84. The van der Waals surface area contributed by atoms with Crippen LogP contribution in [0.4, 0.5) is 0 Å². The maximum Gasteiger partial charge on any atom is 0.256 e. The van der Waals surface area contributed by atoms with Crippen LogP contribution >= 0.6 is 11.8 Å². The summed E-state index contributed by atoms with van der Waals surface area (Å²) in [4.78, 5) is 16.6. The van der Waals surface area contributed by atoms with Gasteiger partial charge in [0.15, 0.2) is 16.7 Å². The zero-order valence-corrected chi connectivity index (χ0v) is 18.6. The SMILES string of the molecule is CCOc1ccc(CCNC(=O)CSc2nnc3nc(C)cc(C)n23)cc1OCC. The Morgan fingerprint density at radius 2 is 1.87 bits per heavy atom. The number of hydrogen-bond acceptors (Lipinski definition) is 7. The van der Waals surface area contributed by atoms with E-state index in [1.54, 1.807) is 0 Å². The number of rotatable bonds is 10. The fourth-order valence-corrected chi connectivity index (χ4v) is 3.89. The number of aryl methyl sites for hydroxylation is 2. The molecule has 2 aromatic heterocycles. The normalized spacial score (nSPS) is 10.9. The predicted molar refractivity (Wildman–Crippen MR) is 116 cm³/mol. The molecule has 0 fully saturated rings. The van der Waals surface area contributed by atoms with Gasteiger partial charge in [0.2, 0.25) is 5.91 Å². The molecule has 2 heterocycles. The van der Waals surface area contributed by atoms with E-state index >= 15 is 0 Å². The number of thioether (sulfide) groups is 1. The summed E-state index contributed by atoms with van der Waals surface area (Å²) >= 11 is 1.35. The van der Waals surface area contributed by atoms with Crippen molar-refractivity contribution in [1.29, 1.82) is 0 Å². The molecule has 0 aliphatic heterocycles. The van der Waals surface area contributed by atoms with Crippen molar-refractivity contribution in [2.45, 2.75) is 39.3 Å². The number of fused-ring (bicyclic) bond motifs is 1. The first-order valence-electron chi connectivity index (χ1n) is 9.99. The molecule has 0 aliphatic rings. The molecule has 1 N–H and O–H groups in total. The van der Waals surface area contributed by atoms with Gasteiger partial charge in [0, 0.05) is 17.9 Å². The van der Waals surface area contributed by atoms with Gasteiger partial charge in [-0.3, -0.25) is 9.20 Å². The first-order valence-corrected chi connectivity index (χ1v) is 11.0. The lowest BCUT2D eigenvalue weighted by Gasteiger charge is -2.12. The van der Waals surface area contributed by atoms with Gasteiger partial charge in [0.25, 0.3) is 5.78 Å². The monoisotopic (exact) mass is 429 g/mol. The van der Waals surface area contributed by atoms with Crippen LogP contribution in [0.5, 0.6) is 11.5 Å². The molecule has 0 atom stereocenters. The molecule has 0 saturated heterocycles. The molecule has 0 saturated carbocycles. The van der Waals surface area contributed by atoms with E-state index in [-0.39, 0.29) is 11.7 Å². The maximum absolute atomic E-state index is 12.3. The summed E-state index contributed by atoms with van der Waals surface area (Å²) in [5.41, 5.74) is 2.96. The Bertz CT molecular complexity index is 1020. The van der Waals surface area contributed by atoms with Crippen molar-refractivity contribution < 1.29 is 14.3 Å². The Balaban J connectivity index is 1.51. The molecule has 0 aliphatic carbocycles. The van der Waals surface area contributed by atoms with E-state index in [9.17, 15) is 4.79 Å². The maximum atomic E-state index is 12.3. The average molecular weight is 430 g/mol. The largest absolute Gasteiger partial charge is 0.490 e. The van der Waals surface area contributed by atoms with Crippen molar-refractivity contribution in [1.82, 2.24) is 24.9 Å². The van der Waals surface area contributed by atoms with E-state index in [1.165, 1.54) is 11.8 Å². The van der Waals surface area contributed by atoms with Crippen molar-refractivity contribution in [2.75, 3.05) is 25.5 Å². The minimum atomic E-state index is -0.0505. The number of amides is 1. The molecular formula is C21H27N5O3S. The third-order valence-electron chi connectivity index (χ3n) is 4.34. The van der Waals surface area contributed by atoms with Crippen LogP contribution in [-0.4, -0.2) is 51.0 Å². The molecule has 0 spiro atoms. The first kappa shape index (κ1) is 21.9. The molecule has 1 amide bonds. The van der Waals surface area contributed by atoms with Gasteiger partial charge in [-0.05, 0) is 57.9 Å². The van der Waals surface area contributed by atoms with Crippen molar-refractivity contribution in [3.63, 3.8) is 0 Å². The number of carbonyl (C=O) groups is 1. The second-order valence-electron chi connectivity index (χ2n) is 6.69. The quantitative estimate of drug-likeness (QED) is 0.496. The van der Waals surface area contributed by atoms with Crippen LogP contribution in [0.1, 0.15) is 30.8 Å². The molecule has 1 aromatic carbocycles. The highest BCUT2D eigenvalue weighted by Gasteiger charge is 2.12. The Morgan fingerprint density at radius 1 is 1.10 bits per heavy atom. The van der Waals surface area contributed by atoms with Crippen molar-refractivity contribution in [2.24, 2.45) is 0 Å². The summed E-state index contributed by atoms with van der Waals surface area (Å²) in [6.45, 7) is 9.48. The fraction of sp³-hybridized carbons (Fsp3) is 0.429. The average Bonchev–Trinajstić information content (AvgIpc) is 3.12. The van der Waals surface area contributed by atoms with E-state index in [2.05, 4.69) is 20.5 Å². The van der Waals surface area contributed by atoms with Crippen LogP contribution in [0.15, 0.2) is 29.4 Å². The van der Waals surface area contributed by atoms with Gasteiger partial charge in [-0.1, -0.05) is 17.8 Å². The van der Waals surface area contributed by atoms with E-state index < -0.39 is 0 Å². The van der Waals surface area contributed by atoms with Crippen molar-refractivity contribution in [3.05, 3.63) is 41.2 Å². The number of nitrogens with zero attached hydrogens (tertiary/aromatic N) is 4. The van der Waals surface area contributed by atoms with Crippen LogP contribution in [0.2, 0.25) is 0 Å². The number of nitrogens with one attached hydrogen (secondary N) is 1. The van der Waals surface area contributed by atoms with Gasteiger partial charge < -0.3 is 14.8 Å². The van der Waals surface area contributed by atoms with Gasteiger partial charge in [0.05, 0.1) is 19.0 Å². The van der Waals surface area contributed by atoms with E-state index in [1.807, 2.05) is 56.4 Å². The minimum absolute atomic E-state index is 0.0505. The van der Waals surface area contributed by atoms with Gasteiger partial charge in [-0.2, -0.15) is 0 Å². The molecule has 0 radical (unpaired) electrons. The van der Waals surface area contributed by atoms with Crippen LogP contribution < -0.4 is 14.8 Å². The van der Waals surface area contributed by atoms with Gasteiger partial charge >= 0.3 is 0 Å². The molecule has 3 rings (SSSR count). The second-order valence-corrected chi connectivity index (χ2v) is 7.64. The van der Waals surface area contributed by atoms with Gasteiger partial charge in [-0.15, -0.1) is 10.2 Å². The zero-order chi connectivity index (χ0) is 21.5. The summed E-state index contributed by atoms with van der Waals surface area (Å²) in [6.07, 6.45) is 0.707. The number of benzene rings is 1. The summed E-state index contributed by atoms with van der Waals surface area (Å²) in [7, 11) is 0. The van der Waals surface area contributed by atoms with Crippen LogP contribution in [-0.2, 0) is 11.2 Å². The topological polar surface area (TPSA) is 90.6 Å². The molecule has 0 unspecified atom stereocenters. The highest BCUT2D eigenvalue weighted by Crippen LogP contribution is 2.28. The number of carbonyl (C=O) groups excluding carboxylic acids is 1. The summed E-state index contributed by atoms with van der Waals surface area (Å²) < 4.78 is 13.1. The molecule has 0 bridgehead atoms. The Morgan fingerprint density at radius 3 is 2.63 bits per heavy atom. The first-order chi connectivity index (χ1) is 14.5. The highest BCUT2D eigenvalue weighted by molar-refractivity contribution is 7.99. The smallest absolute Gasteiger partial charge is 0.256 e. The number of aromatic nitrogens is 4. The number of hydrogen-bond donors (Lipinski definition) is 1. The molecule has 8 nitrogen and oxygen atoms in total. The zero-order valence-electron chi connectivity index (χ0n) is 17.8. The second kappa shape index (κ2) is 10.3. The Kier molecular flexibility index (Phi) is 7.51. The molecule has 30 heavy (non-hydrogen) atoms. The minimum Gasteiger partial charge on any atom is -0.490 e. The lowest BCUT2D eigenvalue weighted by atomic mass is 10.1. The molecule has 160 valence electrons. The Labute approximate surface area is 180 Å². The third kappa shape index (κ3) is 5.41. The van der Waals surface area contributed by atoms with Crippen molar-refractivity contribution >= 4 is 23.4 Å².